The molecule has 2 aromatic heterocycles. The van der Waals surface area contributed by atoms with Gasteiger partial charge in [0, 0.05) is 38.3 Å². The van der Waals surface area contributed by atoms with Gasteiger partial charge in [-0.15, -0.1) is 0 Å². The molecule has 0 saturated heterocycles. The summed E-state index contributed by atoms with van der Waals surface area (Å²) in [5.74, 6) is -0.449. The highest BCUT2D eigenvalue weighted by Crippen LogP contribution is 2.28. The maximum atomic E-state index is 13.9. The zero-order valence-corrected chi connectivity index (χ0v) is 22.8. The van der Waals surface area contributed by atoms with Crippen molar-refractivity contribution in [3.05, 3.63) is 84.6 Å². The van der Waals surface area contributed by atoms with Crippen molar-refractivity contribution < 1.29 is 14.3 Å². The van der Waals surface area contributed by atoms with Crippen molar-refractivity contribution in [2.24, 2.45) is 14.1 Å². The molecule has 0 spiro atoms. The number of nitrogens with zero attached hydrogens (tertiary/aromatic N) is 5. The summed E-state index contributed by atoms with van der Waals surface area (Å²) >= 11 is 6.11. The number of fused-ring (bicyclic) bond motifs is 1. The molecule has 198 valence electrons. The van der Waals surface area contributed by atoms with Gasteiger partial charge in [0.2, 0.25) is 11.7 Å². The highest BCUT2D eigenvalue weighted by atomic mass is 35.5. The molecule has 0 N–H and O–H groups in total. The monoisotopic (exact) mass is 537 g/mol. The maximum absolute atomic E-state index is 13.9. The molecule has 0 aliphatic carbocycles. The van der Waals surface area contributed by atoms with Crippen molar-refractivity contribution in [2.75, 3.05) is 13.6 Å². The van der Waals surface area contributed by atoms with E-state index in [1.807, 2.05) is 6.92 Å². The highest BCUT2D eigenvalue weighted by molar-refractivity contribution is 6.30. The zero-order valence-electron chi connectivity index (χ0n) is 22.0. The Morgan fingerprint density at radius 2 is 1.82 bits per heavy atom. The van der Waals surface area contributed by atoms with Gasteiger partial charge in [-0.2, -0.15) is 5.10 Å². The molecule has 1 amide bonds. The van der Waals surface area contributed by atoms with Crippen LogP contribution in [0, 0.1) is 13.8 Å². The van der Waals surface area contributed by atoms with Crippen LogP contribution in [0.15, 0.2) is 46.0 Å². The average molecular weight is 538 g/mol. The van der Waals surface area contributed by atoms with Gasteiger partial charge in [-0.05, 0) is 56.2 Å². The van der Waals surface area contributed by atoms with Crippen molar-refractivity contribution in [3.8, 4) is 11.6 Å². The molecule has 11 heteroatoms. The number of aryl methyl sites for hydroxylation is 4. The lowest BCUT2D eigenvalue weighted by atomic mass is 9.96. The predicted molar refractivity (Wildman–Crippen MR) is 145 cm³/mol. The summed E-state index contributed by atoms with van der Waals surface area (Å²) in [4.78, 5) is 54.6. The van der Waals surface area contributed by atoms with Gasteiger partial charge in [0.1, 0.15) is 5.56 Å². The number of carbonyl (C=O) groups excluding carboxylic acids is 2. The van der Waals surface area contributed by atoms with Crippen LogP contribution in [0.2, 0.25) is 5.02 Å². The second kappa shape index (κ2) is 10.3. The molecule has 0 radical (unpaired) electrons. The fraction of sp³-hybridized carbons (Fsp3) is 0.296. The Labute approximate surface area is 223 Å². The Balaban J connectivity index is 1.90. The van der Waals surface area contributed by atoms with E-state index in [2.05, 4.69) is 5.10 Å². The topological polar surface area (TPSA) is 108 Å². The number of aromatic nitrogens is 4. The van der Waals surface area contributed by atoms with Gasteiger partial charge < -0.3 is 9.64 Å². The second-order valence-corrected chi connectivity index (χ2v) is 9.54. The van der Waals surface area contributed by atoms with Gasteiger partial charge in [0.15, 0.2) is 0 Å². The molecular formula is C27H28ClN5O5. The Bertz CT molecular complexity index is 1720. The predicted octanol–water partition coefficient (Wildman–Crippen LogP) is 3.76. The van der Waals surface area contributed by atoms with E-state index in [1.54, 1.807) is 65.3 Å². The number of ketones is 1. The van der Waals surface area contributed by atoms with Gasteiger partial charge >= 0.3 is 11.8 Å². The average Bonchev–Trinajstić information content (AvgIpc) is 3.14. The van der Waals surface area contributed by atoms with Crippen molar-refractivity contribution in [1.82, 2.24) is 23.8 Å². The number of hydrogen-bond acceptors (Lipinski definition) is 6. The van der Waals surface area contributed by atoms with Crippen LogP contribution in [0.3, 0.4) is 0 Å². The molecule has 10 nitrogen and oxygen atoms in total. The lowest BCUT2D eigenvalue weighted by Gasteiger charge is -2.17. The van der Waals surface area contributed by atoms with Crippen LogP contribution in [-0.4, -0.2) is 49.3 Å². The minimum absolute atomic E-state index is 0.0109. The number of rotatable bonds is 6. The second-order valence-electron chi connectivity index (χ2n) is 9.10. The highest BCUT2D eigenvalue weighted by Gasteiger charge is 2.28. The lowest BCUT2D eigenvalue weighted by Crippen LogP contribution is -2.38. The van der Waals surface area contributed by atoms with Crippen LogP contribution < -0.4 is 16.0 Å². The smallest absolute Gasteiger partial charge is 0.391 e. The summed E-state index contributed by atoms with van der Waals surface area (Å²) < 4.78 is 9.29. The SMILES string of the molecule is CCCN(C)C(=O)Oc1c(C(=O)c2ccc3c(c2C)c(=O)n(-c2cccc(Cl)c2)c(=O)n3C)c(C)nn1C. The number of halogens is 1. The van der Waals surface area contributed by atoms with Crippen molar-refractivity contribution >= 4 is 34.4 Å². The quantitative estimate of drug-likeness (QED) is 0.346. The molecule has 4 rings (SSSR count). The van der Waals surface area contributed by atoms with Crippen LogP contribution in [-0.2, 0) is 14.1 Å². The summed E-state index contributed by atoms with van der Waals surface area (Å²) in [6.45, 7) is 5.72. The molecule has 38 heavy (non-hydrogen) atoms. The summed E-state index contributed by atoms with van der Waals surface area (Å²) in [5.41, 5.74) is 0.666. The lowest BCUT2D eigenvalue weighted by molar-refractivity contribution is 0.103. The van der Waals surface area contributed by atoms with E-state index in [0.717, 1.165) is 11.0 Å². The third-order valence-corrected chi connectivity index (χ3v) is 6.70. The third-order valence-electron chi connectivity index (χ3n) is 6.46. The van der Waals surface area contributed by atoms with Crippen LogP contribution >= 0.6 is 11.6 Å². The summed E-state index contributed by atoms with van der Waals surface area (Å²) in [6, 6.07) is 9.55. The van der Waals surface area contributed by atoms with Gasteiger partial charge in [-0.3, -0.25) is 14.2 Å². The fourth-order valence-corrected chi connectivity index (χ4v) is 4.71. The van der Waals surface area contributed by atoms with Gasteiger partial charge in [0.05, 0.1) is 22.3 Å². The Hall–Kier alpha value is -4.18. The van der Waals surface area contributed by atoms with E-state index in [9.17, 15) is 19.2 Å². The van der Waals surface area contributed by atoms with E-state index in [0.29, 0.717) is 34.0 Å². The Morgan fingerprint density at radius 3 is 2.47 bits per heavy atom. The molecule has 0 aliphatic heterocycles. The van der Waals surface area contributed by atoms with Crippen LogP contribution in [0.25, 0.3) is 16.6 Å². The summed E-state index contributed by atoms with van der Waals surface area (Å²) in [5, 5.41) is 4.87. The van der Waals surface area contributed by atoms with Crippen molar-refractivity contribution in [3.63, 3.8) is 0 Å². The molecule has 0 aliphatic rings. The van der Waals surface area contributed by atoms with E-state index < -0.39 is 23.1 Å². The van der Waals surface area contributed by atoms with E-state index in [-0.39, 0.29) is 22.4 Å². The van der Waals surface area contributed by atoms with Gasteiger partial charge in [0.25, 0.3) is 5.56 Å². The van der Waals surface area contributed by atoms with Crippen molar-refractivity contribution in [1.29, 1.82) is 0 Å². The maximum Gasteiger partial charge on any atom is 0.416 e. The van der Waals surface area contributed by atoms with Crippen LogP contribution in [0.5, 0.6) is 5.88 Å². The van der Waals surface area contributed by atoms with Crippen LogP contribution in [0.4, 0.5) is 4.79 Å². The standard InChI is InChI=1S/C27H28ClN5O5/c1-7-13-30(4)27(37)38-25-22(16(3)29-32(25)6)23(34)19-11-12-20-21(15(19)2)24(35)33(26(36)31(20)5)18-10-8-9-17(28)14-18/h8-12,14H,7,13H2,1-6H3. The summed E-state index contributed by atoms with van der Waals surface area (Å²) in [6.07, 6.45) is 0.131. The molecule has 2 heterocycles. The first-order valence-electron chi connectivity index (χ1n) is 12.0. The Kier molecular flexibility index (Phi) is 7.28. The first-order valence-corrected chi connectivity index (χ1v) is 12.4. The van der Waals surface area contributed by atoms with Crippen molar-refractivity contribution in [2.45, 2.75) is 27.2 Å². The third kappa shape index (κ3) is 4.51. The van der Waals surface area contributed by atoms with E-state index >= 15 is 0 Å². The minimum atomic E-state index is -0.612. The number of hydrogen-bond donors (Lipinski definition) is 0. The number of carbonyl (C=O) groups is 2. The molecule has 0 fully saturated rings. The first-order chi connectivity index (χ1) is 18.0. The number of benzene rings is 2. The largest absolute Gasteiger partial charge is 0.416 e. The molecule has 4 aromatic rings. The molecule has 0 atom stereocenters. The molecule has 2 aromatic carbocycles. The minimum Gasteiger partial charge on any atom is -0.391 e. The zero-order chi connectivity index (χ0) is 27.9. The Morgan fingerprint density at radius 1 is 1.11 bits per heavy atom. The van der Waals surface area contributed by atoms with Crippen LogP contribution in [0.1, 0.15) is 40.5 Å². The summed E-state index contributed by atoms with van der Waals surface area (Å²) in [7, 11) is 4.75. The molecule has 0 unspecified atom stereocenters. The normalized spacial score (nSPS) is 11.1. The fourth-order valence-electron chi connectivity index (χ4n) is 4.52. The van der Waals surface area contributed by atoms with E-state index in [1.165, 1.54) is 20.2 Å². The van der Waals surface area contributed by atoms with Gasteiger partial charge in [-0.1, -0.05) is 24.6 Å². The van der Waals surface area contributed by atoms with E-state index in [4.69, 9.17) is 16.3 Å². The first kappa shape index (κ1) is 26.9. The van der Waals surface area contributed by atoms with Gasteiger partial charge in [-0.25, -0.2) is 18.8 Å². The number of ether oxygens (including phenoxy) is 1. The molecule has 0 saturated carbocycles. The molecular weight excluding hydrogens is 510 g/mol. The molecule has 0 bridgehead atoms. The number of amides is 1.